The number of nitrogens with zero attached hydrogens (tertiary/aromatic N) is 2. The van der Waals surface area contributed by atoms with Gasteiger partial charge in [0.15, 0.2) is 5.13 Å². The maximum absolute atomic E-state index is 10.4. The fourth-order valence-corrected chi connectivity index (χ4v) is 1.80. The Morgan fingerprint density at radius 1 is 1.67 bits per heavy atom. The van der Waals surface area contributed by atoms with E-state index >= 15 is 0 Å². The molecule has 0 aromatic carbocycles. The van der Waals surface area contributed by atoms with Gasteiger partial charge in [0.1, 0.15) is 6.20 Å². The number of hydrogen-bond acceptors (Lipinski definition) is 5. The largest absolute Gasteiger partial charge is 0.361 e. The average Bonchev–Trinajstić information content (AvgIpc) is 2.60. The molecule has 1 aromatic rings. The van der Waals surface area contributed by atoms with Crippen LogP contribution in [0.1, 0.15) is 26.7 Å². The maximum Gasteiger partial charge on any atom is 0.345 e. The monoisotopic (exact) mass is 229 g/mol. The summed E-state index contributed by atoms with van der Waals surface area (Å²) in [4.78, 5) is 13.9. The van der Waals surface area contributed by atoms with Crippen LogP contribution in [0.3, 0.4) is 0 Å². The van der Waals surface area contributed by atoms with E-state index in [1.165, 1.54) is 6.20 Å². The van der Waals surface area contributed by atoms with E-state index in [1.807, 2.05) is 0 Å². The van der Waals surface area contributed by atoms with Crippen molar-refractivity contribution in [2.45, 2.75) is 26.7 Å². The molecule has 1 heterocycles. The summed E-state index contributed by atoms with van der Waals surface area (Å²) in [6, 6.07) is 0. The second-order valence-corrected chi connectivity index (χ2v) is 4.73. The number of nitrogens with one attached hydrogen (secondary N) is 1. The third-order valence-electron chi connectivity index (χ3n) is 1.91. The predicted molar refractivity (Wildman–Crippen MR) is 61.3 cm³/mol. The molecule has 0 bridgehead atoms. The summed E-state index contributed by atoms with van der Waals surface area (Å²) in [5.41, 5.74) is 0. The van der Waals surface area contributed by atoms with Crippen molar-refractivity contribution in [2.75, 3.05) is 11.9 Å². The van der Waals surface area contributed by atoms with Crippen LogP contribution < -0.4 is 5.32 Å². The van der Waals surface area contributed by atoms with Crippen molar-refractivity contribution < 1.29 is 4.92 Å². The molecule has 1 rings (SSSR count). The van der Waals surface area contributed by atoms with E-state index in [9.17, 15) is 10.1 Å². The number of thiazole rings is 1. The number of anilines is 1. The van der Waals surface area contributed by atoms with E-state index in [4.69, 9.17) is 0 Å². The van der Waals surface area contributed by atoms with E-state index in [1.54, 1.807) is 0 Å². The predicted octanol–water partition coefficient (Wildman–Crippen LogP) is 2.90. The molecule has 1 aromatic heterocycles. The minimum absolute atomic E-state index is 0.0846. The van der Waals surface area contributed by atoms with E-state index in [0.717, 1.165) is 30.7 Å². The molecule has 0 aliphatic heterocycles. The Hall–Kier alpha value is -1.17. The van der Waals surface area contributed by atoms with Crippen LogP contribution in [0.4, 0.5) is 10.1 Å². The lowest BCUT2D eigenvalue weighted by Crippen LogP contribution is -2.02. The molecule has 5 nitrogen and oxygen atoms in total. The van der Waals surface area contributed by atoms with Crippen molar-refractivity contribution >= 4 is 21.5 Å². The zero-order chi connectivity index (χ0) is 11.3. The highest BCUT2D eigenvalue weighted by molar-refractivity contribution is 7.18. The Morgan fingerprint density at radius 3 is 2.93 bits per heavy atom. The molecule has 15 heavy (non-hydrogen) atoms. The molecule has 6 heteroatoms. The van der Waals surface area contributed by atoms with Crippen molar-refractivity contribution in [2.24, 2.45) is 5.92 Å². The van der Waals surface area contributed by atoms with E-state index in [-0.39, 0.29) is 5.00 Å². The van der Waals surface area contributed by atoms with Crippen LogP contribution in [0.5, 0.6) is 0 Å². The SMILES string of the molecule is CC(C)CCCNc1ncc([N+](=O)[O-])s1. The van der Waals surface area contributed by atoms with Gasteiger partial charge in [-0.1, -0.05) is 13.8 Å². The fraction of sp³-hybridized carbons (Fsp3) is 0.667. The summed E-state index contributed by atoms with van der Waals surface area (Å²) in [5, 5.41) is 14.2. The van der Waals surface area contributed by atoms with Gasteiger partial charge in [0, 0.05) is 6.54 Å². The first kappa shape index (κ1) is 11.9. The van der Waals surface area contributed by atoms with E-state index < -0.39 is 4.92 Å². The zero-order valence-electron chi connectivity index (χ0n) is 8.90. The smallest absolute Gasteiger partial charge is 0.345 e. The molecule has 0 amide bonds. The summed E-state index contributed by atoms with van der Waals surface area (Å²) in [5.74, 6) is 0.692. The topological polar surface area (TPSA) is 68.1 Å². The van der Waals surface area contributed by atoms with Crippen LogP contribution >= 0.6 is 11.3 Å². The first-order valence-electron chi connectivity index (χ1n) is 4.93. The van der Waals surface area contributed by atoms with Gasteiger partial charge in [-0.3, -0.25) is 10.1 Å². The summed E-state index contributed by atoms with van der Waals surface area (Å²) in [6.45, 7) is 5.17. The van der Waals surface area contributed by atoms with Gasteiger partial charge < -0.3 is 5.32 Å². The molecule has 0 atom stereocenters. The molecule has 0 unspecified atom stereocenters. The molecule has 1 N–H and O–H groups in total. The van der Waals surface area contributed by atoms with Crippen molar-refractivity contribution in [3.63, 3.8) is 0 Å². The highest BCUT2D eigenvalue weighted by Crippen LogP contribution is 2.24. The molecule has 0 spiro atoms. The van der Waals surface area contributed by atoms with E-state index in [2.05, 4.69) is 24.1 Å². The molecule has 84 valence electrons. The summed E-state index contributed by atoms with van der Waals surface area (Å²) in [7, 11) is 0. The van der Waals surface area contributed by atoms with Crippen LogP contribution in [0, 0.1) is 16.0 Å². The van der Waals surface area contributed by atoms with Gasteiger partial charge in [0.05, 0.1) is 4.92 Å². The van der Waals surface area contributed by atoms with Gasteiger partial charge in [0.2, 0.25) is 0 Å². The maximum atomic E-state index is 10.4. The highest BCUT2D eigenvalue weighted by Gasteiger charge is 2.10. The van der Waals surface area contributed by atoms with Crippen LogP contribution in [0.2, 0.25) is 0 Å². The van der Waals surface area contributed by atoms with Gasteiger partial charge in [-0.05, 0) is 30.1 Å². The van der Waals surface area contributed by atoms with Crippen molar-refractivity contribution in [3.8, 4) is 0 Å². The van der Waals surface area contributed by atoms with Gasteiger partial charge in [0.25, 0.3) is 0 Å². The van der Waals surface area contributed by atoms with E-state index in [0.29, 0.717) is 11.0 Å². The molecule has 0 radical (unpaired) electrons. The molecule has 0 saturated carbocycles. The minimum atomic E-state index is -0.420. The molecule has 0 saturated heterocycles. The molecular weight excluding hydrogens is 214 g/mol. The Kier molecular flexibility index (Phi) is 4.48. The van der Waals surface area contributed by atoms with Gasteiger partial charge in [-0.15, -0.1) is 0 Å². The second-order valence-electron chi connectivity index (χ2n) is 3.72. The van der Waals surface area contributed by atoms with Crippen LogP contribution in [0.25, 0.3) is 0 Å². The standard InChI is InChI=1S/C9H15N3O2S/c1-7(2)4-3-5-10-9-11-6-8(15-9)12(13)14/h6-7H,3-5H2,1-2H3,(H,10,11). The number of aromatic nitrogens is 1. The Bertz CT molecular complexity index is 325. The molecule has 0 aliphatic carbocycles. The van der Waals surface area contributed by atoms with Gasteiger partial charge in [-0.2, -0.15) is 0 Å². The van der Waals surface area contributed by atoms with Crippen molar-refractivity contribution in [1.29, 1.82) is 0 Å². The van der Waals surface area contributed by atoms with Crippen LogP contribution in [-0.2, 0) is 0 Å². The van der Waals surface area contributed by atoms with Gasteiger partial charge in [-0.25, -0.2) is 4.98 Å². The second kappa shape index (κ2) is 5.65. The molecular formula is C9H15N3O2S. The zero-order valence-corrected chi connectivity index (χ0v) is 9.71. The quantitative estimate of drug-likeness (QED) is 0.462. The van der Waals surface area contributed by atoms with Crippen molar-refractivity contribution in [1.82, 2.24) is 4.98 Å². The van der Waals surface area contributed by atoms with Crippen LogP contribution in [-0.4, -0.2) is 16.5 Å². The number of hydrogen-bond donors (Lipinski definition) is 1. The molecule has 0 fully saturated rings. The summed E-state index contributed by atoms with van der Waals surface area (Å²) < 4.78 is 0. The highest BCUT2D eigenvalue weighted by atomic mass is 32.1. The third-order valence-corrected chi connectivity index (χ3v) is 2.81. The lowest BCUT2D eigenvalue weighted by atomic mass is 10.1. The number of rotatable bonds is 6. The summed E-state index contributed by atoms with van der Waals surface area (Å²) in [6.07, 6.45) is 3.50. The first-order chi connectivity index (χ1) is 7.09. The fourth-order valence-electron chi connectivity index (χ4n) is 1.14. The van der Waals surface area contributed by atoms with Crippen molar-refractivity contribution in [3.05, 3.63) is 16.3 Å². The van der Waals surface area contributed by atoms with Gasteiger partial charge >= 0.3 is 5.00 Å². The Balaban J connectivity index is 2.29. The Labute approximate surface area is 92.7 Å². The molecule has 0 aliphatic rings. The minimum Gasteiger partial charge on any atom is -0.361 e. The summed E-state index contributed by atoms with van der Waals surface area (Å²) >= 11 is 1.08. The average molecular weight is 229 g/mol. The normalized spacial score (nSPS) is 10.6. The number of nitro groups is 1. The first-order valence-corrected chi connectivity index (χ1v) is 5.75. The lowest BCUT2D eigenvalue weighted by molar-refractivity contribution is -0.380. The lowest BCUT2D eigenvalue weighted by Gasteiger charge is -2.04. The van der Waals surface area contributed by atoms with Crippen LogP contribution in [0.15, 0.2) is 6.20 Å². The Morgan fingerprint density at radius 2 is 2.40 bits per heavy atom. The third kappa shape index (κ3) is 4.24.